The molecule has 4 nitrogen and oxygen atoms in total. The standard InChI is InChI=1S/C12H22N4.ClH/c1-2-5-16-9-11(7-14-16)8-15-6-3-4-12(13)10-15;/h7,9,12H,2-6,8,10,13H2,1H3;1H. The Morgan fingerprint density at radius 1 is 1.53 bits per heavy atom. The molecule has 5 heteroatoms. The van der Waals surface area contributed by atoms with Gasteiger partial charge in [-0.2, -0.15) is 5.10 Å². The molecule has 1 atom stereocenters. The molecule has 2 N–H and O–H groups in total. The number of nitrogens with two attached hydrogens (primary N) is 1. The van der Waals surface area contributed by atoms with E-state index in [2.05, 4.69) is 23.1 Å². The second-order valence-electron chi connectivity index (χ2n) is 4.75. The molecule has 1 aliphatic heterocycles. The van der Waals surface area contributed by atoms with Crippen LogP contribution >= 0.6 is 12.4 Å². The van der Waals surface area contributed by atoms with Crippen molar-refractivity contribution in [3.8, 4) is 0 Å². The molecule has 1 saturated heterocycles. The second-order valence-corrected chi connectivity index (χ2v) is 4.75. The van der Waals surface area contributed by atoms with E-state index in [0.29, 0.717) is 6.04 Å². The number of piperidine rings is 1. The largest absolute Gasteiger partial charge is 0.327 e. The van der Waals surface area contributed by atoms with Crippen molar-refractivity contribution in [2.24, 2.45) is 5.73 Å². The minimum absolute atomic E-state index is 0. The summed E-state index contributed by atoms with van der Waals surface area (Å²) in [4.78, 5) is 2.43. The van der Waals surface area contributed by atoms with E-state index in [9.17, 15) is 0 Å². The van der Waals surface area contributed by atoms with Crippen molar-refractivity contribution < 1.29 is 0 Å². The number of hydrogen-bond acceptors (Lipinski definition) is 3. The van der Waals surface area contributed by atoms with E-state index < -0.39 is 0 Å². The van der Waals surface area contributed by atoms with Crippen molar-refractivity contribution >= 4 is 12.4 Å². The topological polar surface area (TPSA) is 47.1 Å². The fourth-order valence-corrected chi connectivity index (χ4v) is 2.33. The minimum atomic E-state index is 0. The van der Waals surface area contributed by atoms with E-state index in [1.54, 1.807) is 0 Å². The molecule has 0 saturated carbocycles. The van der Waals surface area contributed by atoms with Gasteiger partial charge in [0.1, 0.15) is 0 Å². The highest BCUT2D eigenvalue weighted by atomic mass is 35.5. The van der Waals surface area contributed by atoms with Gasteiger partial charge in [0.25, 0.3) is 0 Å². The van der Waals surface area contributed by atoms with E-state index in [0.717, 1.165) is 26.1 Å². The molecule has 1 aromatic rings. The Bertz CT molecular complexity index is 326. The maximum atomic E-state index is 5.97. The third kappa shape index (κ3) is 4.30. The summed E-state index contributed by atoms with van der Waals surface area (Å²) < 4.78 is 2.03. The summed E-state index contributed by atoms with van der Waals surface area (Å²) in [6.45, 7) is 6.38. The molecule has 1 unspecified atom stereocenters. The van der Waals surface area contributed by atoms with Gasteiger partial charge in [-0.3, -0.25) is 9.58 Å². The molecule has 17 heavy (non-hydrogen) atoms. The number of aryl methyl sites for hydroxylation is 1. The molecule has 1 fully saturated rings. The monoisotopic (exact) mass is 258 g/mol. The van der Waals surface area contributed by atoms with Crippen LogP contribution in [0.2, 0.25) is 0 Å². The maximum absolute atomic E-state index is 5.97. The van der Waals surface area contributed by atoms with E-state index >= 15 is 0 Å². The molecule has 2 rings (SSSR count). The third-order valence-corrected chi connectivity index (χ3v) is 3.09. The zero-order chi connectivity index (χ0) is 11.4. The Hall–Kier alpha value is -0.580. The van der Waals surface area contributed by atoms with Crippen LogP contribution in [0.15, 0.2) is 12.4 Å². The summed E-state index contributed by atoms with van der Waals surface area (Å²) in [7, 11) is 0. The van der Waals surface area contributed by atoms with Crippen molar-refractivity contribution in [3.63, 3.8) is 0 Å². The predicted octanol–water partition coefficient (Wildman–Crippen LogP) is 1.64. The molecule has 1 aromatic heterocycles. The fourth-order valence-electron chi connectivity index (χ4n) is 2.33. The highest BCUT2D eigenvalue weighted by molar-refractivity contribution is 5.85. The van der Waals surface area contributed by atoms with Crippen molar-refractivity contribution in [3.05, 3.63) is 18.0 Å². The molecule has 0 aliphatic carbocycles. The molecule has 0 bridgehead atoms. The predicted molar refractivity (Wildman–Crippen MR) is 72.3 cm³/mol. The number of nitrogens with zero attached hydrogens (tertiary/aromatic N) is 3. The summed E-state index contributed by atoms with van der Waals surface area (Å²) >= 11 is 0. The molecule has 98 valence electrons. The Morgan fingerprint density at radius 3 is 3.06 bits per heavy atom. The van der Waals surface area contributed by atoms with Gasteiger partial charge in [-0.1, -0.05) is 6.92 Å². The first-order valence-corrected chi connectivity index (χ1v) is 6.27. The fraction of sp³-hybridized carbons (Fsp3) is 0.750. The van der Waals surface area contributed by atoms with Crippen molar-refractivity contribution in [2.45, 2.75) is 45.3 Å². The smallest absolute Gasteiger partial charge is 0.0534 e. The normalized spacial score (nSPS) is 21.2. The van der Waals surface area contributed by atoms with Gasteiger partial charge < -0.3 is 5.73 Å². The summed E-state index contributed by atoms with van der Waals surface area (Å²) in [5, 5.41) is 4.35. The lowest BCUT2D eigenvalue weighted by atomic mass is 10.1. The van der Waals surface area contributed by atoms with Gasteiger partial charge in [-0.05, 0) is 25.8 Å². The lowest BCUT2D eigenvalue weighted by Crippen LogP contribution is -2.42. The average molecular weight is 259 g/mol. The van der Waals surface area contributed by atoms with E-state index in [4.69, 9.17) is 5.73 Å². The van der Waals surface area contributed by atoms with Crippen LogP contribution in [0.3, 0.4) is 0 Å². The van der Waals surface area contributed by atoms with Crippen molar-refractivity contribution in [1.29, 1.82) is 0 Å². The molecular weight excluding hydrogens is 236 g/mol. The van der Waals surface area contributed by atoms with Crippen LogP contribution in [-0.4, -0.2) is 33.8 Å². The lowest BCUT2D eigenvalue weighted by molar-refractivity contribution is 0.201. The van der Waals surface area contributed by atoms with E-state index in [1.807, 2.05) is 10.9 Å². The Kier molecular flexibility index (Phi) is 5.95. The molecular formula is C12H23ClN4. The van der Waals surface area contributed by atoms with Crippen LogP contribution in [0.5, 0.6) is 0 Å². The highest BCUT2D eigenvalue weighted by Gasteiger charge is 2.16. The SMILES string of the molecule is CCCn1cc(CN2CCCC(N)C2)cn1.Cl. The maximum Gasteiger partial charge on any atom is 0.0534 e. The number of aromatic nitrogens is 2. The lowest BCUT2D eigenvalue weighted by Gasteiger charge is -2.30. The first kappa shape index (κ1) is 14.5. The van der Waals surface area contributed by atoms with Crippen LogP contribution in [0.4, 0.5) is 0 Å². The van der Waals surface area contributed by atoms with E-state index in [-0.39, 0.29) is 12.4 Å². The summed E-state index contributed by atoms with van der Waals surface area (Å²) in [5.41, 5.74) is 7.28. The molecule has 0 radical (unpaired) electrons. The summed E-state index contributed by atoms with van der Waals surface area (Å²) in [5.74, 6) is 0. The van der Waals surface area contributed by atoms with Gasteiger partial charge in [-0.15, -0.1) is 12.4 Å². The Morgan fingerprint density at radius 2 is 2.35 bits per heavy atom. The first-order valence-electron chi connectivity index (χ1n) is 6.27. The Balaban J connectivity index is 0.00000144. The zero-order valence-corrected chi connectivity index (χ0v) is 11.3. The first-order chi connectivity index (χ1) is 7.78. The zero-order valence-electron chi connectivity index (χ0n) is 10.5. The quantitative estimate of drug-likeness (QED) is 0.893. The van der Waals surface area contributed by atoms with Gasteiger partial charge in [0.15, 0.2) is 0 Å². The van der Waals surface area contributed by atoms with Gasteiger partial charge in [0, 0.05) is 37.4 Å². The number of halogens is 1. The van der Waals surface area contributed by atoms with Crippen molar-refractivity contribution in [2.75, 3.05) is 13.1 Å². The van der Waals surface area contributed by atoms with Crippen molar-refractivity contribution in [1.82, 2.24) is 14.7 Å². The van der Waals surface area contributed by atoms with E-state index in [1.165, 1.54) is 24.9 Å². The molecule has 0 aromatic carbocycles. The van der Waals surface area contributed by atoms with Gasteiger partial charge in [0.05, 0.1) is 6.20 Å². The summed E-state index contributed by atoms with van der Waals surface area (Å²) in [6.07, 6.45) is 7.67. The van der Waals surface area contributed by atoms with Gasteiger partial charge >= 0.3 is 0 Å². The number of likely N-dealkylation sites (tertiary alicyclic amines) is 1. The van der Waals surface area contributed by atoms with Crippen LogP contribution in [0.25, 0.3) is 0 Å². The highest BCUT2D eigenvalue weighted by Crippen LogP contribution is 2.12. The van der Waals surface area contributed by atoms with Crippen LogP contribution in [0, 0.1) is 0 Å². The number of hydrogen-bond donors (Lipinski definition) is 1. The number of rotatable bonds is 4. The van der Waals surface area contributed by atoms with Gasteiger partial charge in [0.2, 0.25) is 0 Å². The molecule has 2 heterocycles. The van der Waals surface area contributed by atoms with Crippen LogP contribution in [0.1, 0.15) is 31.7 Å². The Labute approximate surface area is 110 Å². The van der Waals surface area contributed by atoms with Crippen LogP contribution < -0.4 is 5.73 Å². The average Bonchev–Trinajstić information content (AvgIpc) is 2.66. The third-order valence-electron chi connectivity index (χ3n) is 3.09. The van der Waals surface area contributed by atoms with Crippen LogP contribution in [-0.2, 0) is 13.1 Å². The summed E-state index contributed by atoms with van der Waals surface area (Å²) in [6, 6.07) is 0.361. The minimum Gasteiger partial charge on any atom is -0.327 e. The second kappa shape index (κ2) is 6.99. The molecule has 0 amide bonds. The van der Waals surface area contributed by atoms with Gasteiger partial charge in [-0.25, -0.2) is 0 Å². The molecule has 0 spiro atoms. The molecule has 1 aliphatic rings.